The second-order valence-corrected chi connectivity index (χ2v) is 9.87. The summed E-state index contributed by atoms with van der Waals surface area (Å²) < 4.78 is 1.40. The first kappa shape index (κ1) is 18.4. The average Bonchev–Trinajstić information content (AvgIpc) is 2.73. The number of hydrogen-bond donors (Lipinski definition) is 0. The van der Waals surface area contributed by atoms with Crippen LogP contribution in [0.2, 0.25) is 0 Å². The van der Waals surface area contributed by atoms with Crippen molar-refractivity contribution in [2.45, 2.75) is 38.9 Å². The van der Waals surface area contributed by atoms with E-state index >= 15 is 0 Å². The van der Waals surface area contributed by atoms with Gasteiger partial charge in [0.05, 0.1) is 0 Å². The molecule has 0 N–H and O–H groups in total. The van der Waals surface area contributed by atoms with E-state index in [0.717, 1.165) is 25.9 Å². The Kier molecular flexibility index (Phi) is 4.39. The predicted molar refractivity (Wildman–Crippen MR) is 117 cm³/mol. The zero-order valence-corrected chi connectivity index (χ0v) is 18.5. The molecule has 3 atom stereocenters. The van der Waals surface area contributed by atoms with Crippen molar-refractivity contribution in [3.63, 3.8) is 0 Å². The quantitative estimate of drug-likeness (QED) is 0.513. The second-order valence-electron chi connectivity index (χ2n) is 8.99. The summed E-state index contributed by atoms with van der Waals surface area (Å²) in [6.45, 7) is 11.1. The van der Waals surface area contributed by atoms with Gasteiger partial charge in [-0.15, -0.1) is 0 Å². The molecule has 3 heteroatoms. The zero-order chi connectivity index (χ0) is 19.5. The Bertz CT molecular complexity index is 947. The van der Waals surface area contributed by atoms with E-state index in [4.69, 9.17) is 0 Å². The molecule has 3 aliphatic rings. The maximum atomic E-state index is 4.21. The number of rotatable bonds is 2. The summed E-state index contributed by atoms with van der Waals surface area (Å²) in [6, 6.07) is 18.5. The molecule has 2 nitrogen and oxygen atoms in total. The van der Waals surface area contributed by atoms with Crippen LogP contribution in [0.1, 0.15) is 48.3 Å². The van der Waals surface area contributed by atoms with Gasteiger partial charge in [-0.1, -0.05) is 0 Å². The van der Waals surface area contributed by atoms with Gasteiger partial charge in [0.25, 0.3) is 0 Å². The van der Waals surface area contributed by atoms with Gasteiger partial charge in [-0.2, -0.15) is 0 Å². The predicted octanol–water partition coefficient (Wildman–Crippen LogP) is 4.28. The molecule has 1 saturated heterocycles. The SMILES string of the molecule is C=CC(C)(C)C1C(=[Se])N2CCc3ccccc3C2N2CCc3ccccc3C12. The van der Waals surface area contributed by atoms with Crippen LogP contribution in [0, 0.1) is 11.3 Å². The van der Waals surface area contributed by atoms with E-state index in [1.807, 2.05) is 0 Å². The Balaban J connectivity index is 1.71. The molecule has 0 aromatic heterocycles. The number of hydrogen-bond acceptors (Lipinski definition) is 2. The Morgan fingerprint density at radius 3 is 2.29 bits per heavy atom. The molecule has 28 heavy (non-hydrogen) atoms. The van der Waals surface area contributed by atoms with Gasteiger partial charge in [0, 0.05) is 0 Å². The standard InChI is InChI=1S/C25H28N2Se/c1-4-25(2,3)21-22-19-11-7-5-9-17(19)13-15-26(22)23-20-12-8-6-10-18(20)14-16-27(23)24(21)28/h4-12,21-23H,1,13-16H2,2-3H3. The maximum absolute atomic E-state index is 4.21. The third-order valence-electron chi connectivity index (χ3n) is 7.13. The van der Waals surface area contributed by atoms with Crippen molar-refractivity contribution in [1.82, 2.24) is 9.80 Å². The molecule has 5 rings (SSSR count). The van der Waals surface area contributed by atoms with Gasteiger partial charge in [-0.05, 0) is 0 Å². The molecule has 3 heterocycles. The molecule has 2 aromatic carbocycles. The first-order valence-corrected chi connectivity index (χ1v) is 11.2. The van der Waals surface area contributed by atoms with Gasteiger partial charge >= 0.3 is 177 Å². The van der Waals surface area contributed by atoms with Crippen LogP contribution in [0.3, 0.4) is 0 Å². The van der Waals surface area contributed by atoms with Crippen LogP contribution in [0.4, 0.5) is 0 Å². The van der Waals surface area contributed by atoms with E-state index in [1.54, 1.807) is 0 Å². The van der Waals surface area contributed by atoms with Crippen LogP contribution in [0.5, 0.6) is 0 Å². The molecular weight excluding hydrogens is 407 g/mol. The first-order valence-electron chi connectivity index (χ1n) is 10.4. The summed E-state index contributed by atoms with van der Waals surface area (Å²) in [5.41, 5.74) is 6.02. The van der Waals surface area contributed by atoms with Gasteiger partial charge in [0.1, 0.15) is 0 Å². The number of fused-ring (bicyclic) bond motifs is 7. The van der Waals surface area contributed by atoms with Crippen molar-refractivity contribution in [3.05, 3.63) is 83.4 Å². The van der Waals surface area contributed by atoms with Crippen LogP contribution >= 0.6 is 0 Å². The molecule has 0 aliphatic carbocycles. The summed E-state index contributed by atoms with van der Waals surface area (Å²) in [6.07, 6.45) is 4.73. The Labute approximate surface area is 176 Å². The minimum absolute atomic E-state index is 0.00981. The monoisotopic (exact) mass is 436 g/mol. The summed E-state index contributed by atoms with van der Waals surface area (Å²) in [5.74, 6) is 0.382. The molecule has 0 amide bonds. The molecule has 0 saturated carbocycles. The van der Waals surface area contributed by atoms with Crippen LogP contribution < -0.4 is 0 Å². The second kappa shape index (κ2) is 6.69. The van der Waals surface area contributed by atoms with Crippen LogP contribution in [0.15, 0.2) is 61.2 Å². The van der Waals surface area contributed by atoms with Crippen molar-refractivity contribution < 1.29 is 0 Å². The number of benzene rings is 2. The van der Waals surface area contributed by atoms with Crippen LogP contribution in [-0.2, 0) is 12.8 Å². The Hall–Kier alpha value is -1.67. The number of nitrogens with zero attached hydrogens (tertiary/aromatic N) is 2. The van der Waals surface area contributed by atoms with E-state index in [1.165, 1.54) is 26.8 Å². The van der Waals surface area contributed by atoms with Crippen molar-refractivity contribution in [2.75, 3.05) is 13.1 Å². The fourth-order valence-corrected chi connectivity index (χ4v) is 6.87. The molecule has 2 aromatic rings. The fourth-order valence-electron chi connectivity index (χ4n) is 5.56. The van der Waals surface area contributed by atoms with Gasteiger partial charge in [0.2, 0.25) is 0 Å². The van der Waals surface area contributed by atoms with Gasteiger partial charge in [-0.25, -0.2) is 0 Å². The molecule has 3 aliphatic heterocycles. The van der Waals surface area contributed by atoms with Gasteiger partial charge in [0.15, 0.2) is 0 Å². The van der Waals surface area contributed by atoms with Crippen LogP contribution in [-0.4, -0.2) is 43.0 Å². The molecule has 3 unspecified atom stereocenters. The van der Waals surface area contributed by atoms with Gasteiger partial charge in [-0.3, -0.25) is 0 Å². The molecular formula is C25H28N2Se. The molecule has 144 valence electrons. The summed E-state index contributed by atoms with van der Waals surface area (Å²) in [4.78, 5) is 5.42. The molecule has 0 bridgehead atoms. The molecule has 0 radical (unpaired) electrons. The third kappa shape index (κ3) is 2.60. The fraction of sp³-hybridized carbons (Fsp3) is 0.400. The van der Waals surface area contributed by atoms with Crippen molar-refractivity contribution in [1.29, 1.82) is 0 Å². The van der Waals surface area contributed by atoms with E-state index in [2.05, 4.69) is 100 Å². The molecule has 0 spiro atoms. The Morgan fingerprint density at radius 1 is 0.964 bits per heavy atom. The third-order valence-corrected chi connectivity index (χ3v) is 8.15. The van der Waals surface area contributed by atoms with Crippen molar-refractivity contribution >= 4 is 20.1 Å². The first-order chi connectivity index (χ1) is 13.5. The zero-order valence-electron chi connectivity index (χ0n) is 16.8. The summed E-state index contributed by atoms with van der Waals surface area (Å²) in [7, 11) is 0. The van der Waals surface area contributed by atoms with E-state index in [-0.39, 0.29) is 5.41 Å². The van der Waals surface area contributed by atoms with E-state index in [9.17, 15) is 0 Å². The normalized spacial score (nSPS) is 26.7. The van der Waals surface area contributed by atoms with Crippen LogP contribution in [0.25, 0.3) is 0 Å². The van der Waals surface area contributed by atoms with E-state index in [0.29, 0.717) is 18.1 Å². The average molecular weight is 435 g/mol. The molecule has 1 fully saturated rings. The topological polar surface area (TPSA) is 6.48 Å². The minimum atomic E-state index is 0.00981. The summed E-state index contributed by atoms with van der Waals surface area (Å²) >= 11 is 3.53. The van der Waals surface area contributed by atoms with Crippen molar-refractivity contribution in [3.8, 4) is 0 Å². The van der Waals surface area contributed by atoms with Crippen molar-refractivity contribution in [2.24, 2.45) is 11.3 Å². The summed E-state index contributed by atoms with van der Waals surface area (Å²) in [5, 5.41) is 0. The van der Waals surface area contributed by atoms with Gasteiger partial charge < -0.3 is 0 Å². The number of allylic oxidation sites excluding steroid dienone is 1. The van der Waals surface area contributed by atoms with E-state index < -0.39 is 0 Å². The Morgan fingerprint density at radius 2 is 1.57 bits per heavy atom.